The second-order valence-corrected chi connectivity index (χ2v) is 7.97. The molecule has 0 saturated carbocycles. The van der Waals surface area contributed by atoms with E-state index in [0.29, 0.717) is 12.0 Å². The van der Waals surface area contributed by atoms with Gasteiger partial charge in [-0.15, -0.1) is 0 Å². The molecule has 0 fully saturated rings. The monoisotopic (exact) mass is 490 g/mol. The summed E-state index contributed by atoms with van der Waals surface area (Å²) in [6.45, 7) is 0.0897. The van der Waals surface area contributed by atoms with Crippen molar-refractivity contribution in [3.8, 4) is 0 Å². The number of nitrogens with one attached hydrogen (secondary N) is 1. The van der Waals surface area contributed by atoms with E-state index < -0.39 is 21.3 Å². The van der Waals surface area contributed by atoms with Crippen LogP contribution in [0.1, 0.15) is 21.5 Å². The second-order valence-electron chi connectivity index (χ2n) is 7.97. The Hall–Kier alpha value is -4.93. The zero-order valence-corrected chi connectivity index (χ0v) is 18.7. The lowest BCUT2D eigenvalue weighted by Crippen LogP contribution is -2.34. The normalized spacial score (nSPS) is 10.8. The summed E-state index contributed by atoms with van der Waals surface area (Å²) in [5.74, 6) is -1.09. The smallest absolute Gasteiger partial charge is 0.278 e. The van der Waals surface area contributed by atoms with E-state index in [1.54, 1.807) is 12.1 Å². The van der Waals surface area contributed by atoms with Crippen molar-refractivity contribution in [3.05, 3.63) is 126 Å². The summed E-state index contributed by atoms with van der Waals surface area (Å²) in [4.78, 5) is 47.7. The van der Waals surface area contributed by atoms with Gasteiger partial charge in [0, 0.05) is 24.7 Å². The number of pyridine rings is 1. The van der Waals surface area contributed by atoms with Crippen LogP contribution >= 0.6 is 0 Å². The van der Waals surface area contributed by atoms with Crippen LogP contribution in [-0.4, -0.2) is 26.9 Å². The first-order valence-electron chi connectivity index (χ1n) is 10.8. The highest BCUT2D eigenvalue weighted by Crippen LogP contribution is 2.26. The Labute approximate surface area is 202 Å². The molecule has 3 aromatic carbocycles. The number of halogens is 1. The average Bonchev–Trinajstić information content (AvgIpc) is 2.86. The molecule has 182 valence electrons. The van der Waals surface area contributed by atoms with Gasteiger partial charge >= 0.3 is 0 Å². The predicted octanol–water partition coefficient (Wildman–Crippen LogP) is 3.98. The summed E-state index contributed by atoms with van der Waals surface area (Å²) in [7, 11) is 0. The number of fused-ring (bicyclic) bond motifs is 1. The predicted molar refractivity (Wildman–Crippen MR) is 129 cm³/mol. The summed E-state index contributed by atoms with van der Waals surface area (Å²) >= 11 is 0. The van der Waals surface area contributed by atoms with Gasteiger partial charge in [-0.25, -0.2) is 4.39 Å². The van der Waals surface area contributed by atoms with Gasteiger partial charge in [-0.1, -0.05) is 30.3 Å². The van der Waals surface area contributed by atoms with Crippen LogP contribution in [0, 0.1) is 26.0 Å². The van der Waals surface area contributed by atoms with E-state index in [0.717, 1.165) is 5.56 Å². The van der Waals surface area contributed by atoms with Gasteiger partial charge in [0.25, 0.3) is 22.8 Å². The Morgan fingerprint density at radius 3 is 2.22 bits per heavy atom. The zero-order chi connectivity index (χ0) is 25.8. The summed E-state index contributed by atoms with van der Waals surface area (Å²) in [6, 6.07) is 16.7. The minimum atomic E-state index is -0.709. The highest BCUT2D eigenvalue weighted by Gasteiger charge is 2.21. The number of nitro groups is 2. The van der Waals surface area contributed by atoms with Crippen molar-refractivity contribution in [2.24, 2.45) is 0 Å². The third kappa shape index (κ3) is 5.09. The van der Waals surface area contributed by atoms with E-state index in [9.17, 15) is 34.2 Å². The molecule has 0 unspecified atom stereocenters. The van der Waals surface area contributed by atoms with E-state index in [-0.39, 0.29) is 46.7 Å². The fourth-order valence-electron chi connectivity index (χ4n) is 3.84. The highest BCUT2D eigenvalue weighted by molar-refractivity contribution is 5.99. The van der Waals surface area contributed by atoms with E-state index in [1.807, 2.05) is 0 Å². The number of carbonyl (C=O) groups is 1. The van der Waals surface area contributed by atoms with Gasteiger partial charge in [-0.05, 0) is 41.8 Å². The molecule has 1 amide bonds. The maximum absolute atomic E-state index is 13.3. The maximum Gasteiger partial charge on any atom is 0.278 e. The third-order valence-electron chi connectivity index (χ3n) is 5.66. The molecule has 10 nitrogen and oxygen atoms in total. The lowest BCUT2D eigenvalue weighted by Gasteiger charge is -2.13. The lowest BCUT2D eigenvalue weighted by molar-refractivity contribution is -0.384. The van der Waals surface area contributed by atoms with Crippen LogP contribution in [-0.2, 0) is 13.0 Å². The SMILES string of the molecule is O=C(NCCc1ccc(F)cc1)c1cc2c([N+](=O)[O-])cccc2n(Cc2ccc([N+](=O)[O-])cc2)c1=O. The first kappa shape index (κ1) is 24.2. The first-order valence-corrected chi connectivity index (χ1v) is 10.8. The second kappa shape index (κ2) is 10.1. The Morgan fingerprint density at radius 1 is 0.917 bits per heavy atom. The molecule has 1 aromatic heterocycles. The fraction of sp³-hybridized carbons (Fsp3) is 0.120. The van der Waals surface area contributed by atoms with Crippen molar-refractivity contribution in [1.29, 1.82) is 0 Å². The van der Waals surface area contributed by atoms with Crippen molar-refractivity contribution in [1.82, 2.24) is 9.88 Å². The molecule has 4 rings (SSSR count). The number of nitrogens with zero attached hydrogens (tertiary/aromatic N) is 3. The van der Waals surface area contributed by atoms with Crippen LogP contribution in [0.15, 0.2) is 77.6 Å². The van der Waals surface area contributed by atoms with Crippen LogP contribution in [0.5, 0.6) is 0 Å². The quantitative estimate of drug-likeness (QED) is 0.293. The van der Waals surface area contributed by atoms with E-state index in [2.05, 4.69) is 5.32 Å². The van der Waals surface area contributed by atoms with Gasteiger partial charge in [0.05, 0.1) is 27.3 Å². The standard InChI is InChI=1S/C25H19FN4O6/c26-18-8-4-16(5-9-18)12-13-27-24(31)21-14-20-22(2-1-3-23(20)30(35)36)28(25(21)32)15-17-6-10-19(11-7-17)29(33)34/h1-11,14H,12-13,15H2,(H,27,31). The van der Waals surface area contributed by atoms with Crippen LogP contribution in [0.25, 0.3) is 10.9 Å². The molecule has 0 bridgehead atoms. The summed E-state index contributed by atoms with van der Waals surface area (Å²) in [5.41, 5.74) is 0.214. The number of hydrogen-bond acceptors (Lipinski definition) is 6. The molecule has 0 spiro atoms. The Morgan fingerprint density at radius 2 is 1.58 bits per heavy atom. The summed E-state index contributed by atoms with van der Waals surface area (Å²) < 4.78 is 14.3. The third-order valence-corrected chi connectivity index (χ3v) is 5.66. The highest BCUT2D eigenvalue weighted by atomic mass is 19.1. The Balaban J connectivity index is 1.70. The van der Waals surface area contributed by atoms with Crippen molar-refractivity contribution in [2.75, 3.05) is 6.54 Å². The Bertz CT molecular complexity index is 1530. The molecule has 1 heterocycles. The van der Waals surface area contributed by atoms with Crippen LogP contribution in [0.4, 0.5) is 15.8 Å². The number of rotatable bonds is 8. The van der Waals surface area contributed by atoms with Crippen molar-refractivity contribution >= 4 is 28.2 Å². The molecule has 0 aliphatic heterocycles. The number of amides is 1. The first-order chi connectivity index (χ1) is 17.2. The number of benzene rings is 3. The number of nitro benzene ring substituents is 2. The van der Waals surface area contributed by atoms with Gasteiger partial charge in [-0.2, -0.15) is 0 Å². The van der Waals surface area contributed by atoms with E-state index >= 15 is 0 Å². The molecule has 0 aliphatic carbocycles. The average molecular weight is 490 g/mol. The topological polar surface area (TPSA) is 137 Å². The van der Waals surface area contributed by atoms with Gasteiger partial charge in [-0.3, -0.25) is 29.8 Å². The number of aromatic nitrogens is 1. The lowest BCUT2D eigenvalue weighted by atomic mass is 10.1. The van der Waals surface area contributed by atoms with Crippen molar-refractivity contribution < 1.29 is 19.0 Å². The van der Waals surface area contributed by atoms with Crippen LogP contribution in [0.3, 0.4) is 0 Å². The van der Waals surface area contributed by atoms with Gasteiger partial charge in [0.2, 0.25) is 0 Å². The molecule has 0 saturated heterocycles. The molecule has 1 N–H and O–H groups in total. The van der Waals surface area contributed by atoms with Gasteiger partial charge < -0.3 is 9.88 Å². The van der Waals surface area contributed by atoms with Crippen LogP contribution < -0.4 is 10.9 Å². The number of non-ortho nitro benzene ring substituents is 2. The summed E-state index contributed by atoms with van der Waals surface area (Å²) in [6.07, 6.45) is 0.386. The molecule has 0 aliphatic rings. The van der Waals surface area contributed by atoms with Crippen LogP contribution in [0.2, 0.25) is 0 Å². The number of carbonyl (C=O) groups excluding carboxylic acids is 1. The van der Waals surface area contributed by atoms with Gasteiger partial charge in [0.15, 0.2) is 0 Å². The molecular formula is C25H19FN4O6. The van der Waals surface area contributed by atoms with Gasteiger partial charge in [0.1, 0.15) is 11.4 Å². The minimum Gasteiger partial charge on any atom is -0.352 e. The molecule has 0 radical (unpaired) electrons. The Kier molecular flexibility index (Phi) is 6.81. The van der Waals surface area contributed by atoms with Crippen molar-refractivity contribution in [2.45, 2.75) is 13.0 Å². The molecule has 11 heteroatoms. The summed E-state index contributed by atoms with van der Waals surface area (Å²) in [5, 5.41) is 25.3. The zero-order valence-electron chi connectivity index (χ0n) is 18.7. The van der Waals surface area contributed by atoms with E-state index in [4.69, 9.17) is 0 Å². The maximum atomic E-state index is 13.3. The molecular weight excluding hydrogens is 471 g/mol. The molecule has 0 atom stereocenters. The minimum absolute atomic E-state index is 0.0643. The number of hydrogen-bond donors (Lipinski definition) is 1. The molecule has 36 heavy (non-hydrogen) atoms. The van der Waals surface area contributed by atoms with E-state index in [1.165, 1.54) is 65.2 Å². The van der Waals surface area contributed by atoms with Crippen molar-refractivity contribution in [3.63, 3.8) is 0 Å². The largest absolute Gasteiger partial charge is 0.352 e. The fourth-order valence-corrected chi connectivity index (χ4v) is 3.84. The molecule has 4 aromatic rings.